The van der Waals surface area contributed by atoms with Crippen molar-refractivity contribution < 1.29 is 24.2 Å². The largest absolute Gasteiger partial charge is 0.497 e. The van der Waals surface area contributed by atoms with Crippen molar-refractivity contribution in [2.45, 2.75) is 77.6 Å². The van der Waals surface area contributed by atoms with Gasteiger partial charge in [-0.25, -0.2) is 4.98 Å². The minimum atomic E-state index is -0.753. The highest BCUT2D eigenvalue weighted by molar-refractivity contribution is 6.05. The number of anilines is 1. The molecule has 2 saturated carbocycles. The van der Waals surface area contributed by atoms with Gasteiger partial charge in [0, 0.05) is 42.4 Å². The fourth-order valence-electron chi connectivity index (χ4n) is 6.81. The van der Waals surface area contributed by atoms with Crippen LogP contribution >= 0.6 is 0 Å². The maximum Gasteiger partial charge on any atom is 0.306 e. The predicted octanol–water partition coefficient (Wildman–Crippen LogP) is 6.75. The third kappa shape index (κ3) is 6.29. The molecule has 40 heavy (non-hydrogen) atoms. The van der Waals surface area contributed by atoms with Gasteiger partial charge in [-0.2, -0.15) is 0 Å². The number of ketones is 1. The molecule has 3 aliphatic rings. The molecule has 5 rings (SSSR count). The zero-order chi connectivity index (χ0) is 28.3. The number of aliphatic carboxylic acids is 1. The Balaban J connectivity index is 1.22. The number of carboxylic acid groups (broad SMARTS) is 1. The smallest absolute Gasteiger partial charge is 0.306 e. The molecular formula is C33H44N2O5. The van der Waals surface area contributed by atoms with Gasteiger partial charge in [0.05, 0.1) is 25.3 Å². The van der Waals surface area contributed by atoms with Crippen LogP contribution in [0.3, 0.4) is 0 Å². The van der Waals surface area contributed by atoms with E-state index in [-0.39, 0.29) is 17.1 Å². The van der Waals surface area contributed by atoms with Crippen molar-refractivity contribution in [3.63, 3.8) is 0 Å². The summed E-state index contributed by atoms with van der Waals surface area (Å²) in [6.07, 6.45) is 11.2. The van der Waals surface area contributed by atoms with E-state index in [9.17, 15) is 14.7 Å². The topological polar surface area (TPSA) is 89.0 Å². The van der Waals surface area contributed by atoms with Crippen LogP contribution in [0.5, 0.6) is 11.6 Å². The van der Waals surface area contributed by atoms with E-state index < -0.39 is 11.9 Å². The summed E-state index contributed by atoms with van der Waals surface area (Å²) >= 11 is 0. The summed E-state index contributed by atoms with van der Waals surface area (Å²) in [6, 6.07) is 9.78. The lowest BCUT2D eigenvalue weighted by atomic mass is 9.71. The van der Waals surface area contributed by atoms with Crippen molar-refractivity contribution in [3.05, 3.63) is 47.7 Å². The standard InChI is InChI=1S/C33H44N2O5/c1-22(32(37)38)30(24-7-8-24)25-11-16-34-29(19-25)40-21-23-12-17-35(18-13-23)28-20-26(39-3)9-10-27(28)31(36)33(2)14-5-4-6-15-33/h9-11,16,19-20,22-24,30H,4-8,12-15,17-18,21H2,1-3H3,(H,37,38)/t22-,30-/m0/s1. The summed E-state index contributed by atoms with van der Waals surface area (Å²) in [7, 11) is 1.67. The van der Waals surface area contributed by atoms with Crippen LogP contribution < -0.4 is 14.4 Å². The van der Waals surface area contributed by atoms with Crippen molar-refractivity contribution >= 4 is 17.4 Å². The highest BCUT2D eigenvalue weighted by Gasteiger charge is 2.39. The number of hydrogen-bond donors (Lipinski definition) is 1. The van der Waals surface area contributed by atoms with Crippen molar-refractivity contribution in [1.82, 2.24) is 4.98 Å². The van der Waals surface area contributed by atoms with Crippen LogP contribution in [0.1, 0.15) is 93.5 Å². The van der Waals surface area contributed by atoms with Gasteiger partial charge < -0.3 is 19.5 Å². The number of carbonyl (C=O) groups excluding carboxylic acids is 1. The first kappa shape index (κ1) is 28.4. The second kappa shape index (κ2) is 12.2. The summed E-state index contributed by atoms with van der Waals surface area (Å²) in [5, 5.41) is 9.62. The number of Topliss-reactive ketones (excluding diaryl/α,β-unsaturated/α-hetero) is 1. The van der Waals surface area contributed by atoms with Crippen molar-refractivity contribution in [2.75, 3.05) is 31.7 Å². The molecule has 2 heterocycles. The van der Waals surface area contributed by atoms with Crippen LogP contribution in [0.4, 0.5) is 5.69 Å². The van der Waals surface area contributed by atoms with E-state index in [1.807, 2.05) is 30.3 Å². The second-order valence-corrected chi connectivity index (χ2v) is 12.5. The summed E-state index contributed by atoms with van der Waals surface area (Å²) in [5.41, 5.74) is 2.54. The fraction of sp³-hybridized carbons (Fsp3) is 0.606. The number of benzene rings is 1. The van der Waals surface area contributed by atoms with E-state index >= 15 is 0 Å². The molecule has 0 unspecified atom stereocenters. The molecule has 7 nitrogen and oxygen atoms in total. The Kier molecular flexibility index (Phi) is 8.67. The lowest BCUT2D eigenvalue weighted by molar-refractivity contribution is -0.142. The van der Waals surface area contributed by atoms with Gasteiger partial charge in [0.2, 0.25) is 5.88 Å². The van der Waals surface area contributed by atoms with Gasteiger partial charge in [-0.15, -0.1) is 0 Å². The Bertz CT molecular complexity index is 1200. The third-order valence-electron chi connectivity index (χ3n) is 9.58. The molecule has 1 aromatic carbocycles. The zero-order valence-electron chi connectivity index (χ0n) is 24.2. The first-order valence-corrected chi connectivity index (χ1v) is 15.1. The Labute approximate surface area is 238 Å². The average Bonchev–Trinajstić information content (AvgIpc) is 3.81. The lowest BCUT2D eigenvalue weighted by Gasteiger charge is -2.37. The molecule has 2 atom stereocenters. The van der Waals surface area contributed by atoms with Crippen molar-refractivity contribution in [2.24, 2.45) is 23.2 Å². The van der Waals surface area contributed by atoms with Gasteiger partial charge in [0.1, 0.15) is 5.75 Å². The molecule has 1 N–H and O–H groups in total. The minimum Gasteiger partial charge on any atom is -0.497 e. The molecule has 1 saturated heterocycles. The number of aromatic nitrogens is 1. The van der Waals surface area contributed by atoms with Gasteiger partial charge in [-0.1, -0.05) is 33.1 Å². The lowest BCUT2D eigenvalue weighted by Crippen LogP contribution is -2.38. The number of ether oxygens (including phenoxy) is 2. The Morgan fingerprint density at radius 2 is 1.80 bits per heavy atom. The second-order valence-electron chi connectivity index (χ2n) is 12.5. The van der Waals surface area contributed by atoms with Gasteiger partial charge in [-0.05, 0) is 80.0 Å². The summed E-state index contributed by atoms with van der Waals surface area (Å²) in [6.45, 7) is 6.23. The van der Waals surface area contributed by atoms with E-state index in [0.717, 1.165) is 87.0 Å². The quantitative estimate of drug-likeness (QED) is 0.311. The van der Waals surface area contributed by atoms with Crippen LogP contribution in [0.25, 0.3) is 0 Å². The predicted molar refractivity (Wildman–Crippen MR) is 155 cm³/mol. The number of carboxylic acids is 1. The molecule has 0 spiro atoms. The number of rotatable bonds is 11. The van der Waals surface area contributed by atoms with E-state index in [1.165, 1.54) is 6.42 Å². The molecule has 1 aliphatic heterocycles. The number of pyridine rings is 1. The molecule has 2 aromatic rings. The normalized spacial score (nSPS) is 20.9. The Hall–Kier alpha value is -3.09. The highest BCUT2D eigenvalue weighted by atomic mass is 16.5. The van der Waals surface area contributed by atoms with Gasteiger partial charge in [0.25, 0.3) is 0 Å². The van der Waals surface area contributed by atoms with E-state index in [0.29, 0.717) is 24.3 Å². The first-order chi connectivity index (χ1) is 19.3. The van der Waals surface area contributed by atoms with Crippen LogP contribution in [-0.4, -0.2) is 48.6 Å². The van der Waals surface area contributed by atoms with E-state index in [1.54, 1.807) is 20.2 Å². The molecule has 0 amide bonds. The molecule has 0 bridgehead atoms. The monoisotopic (exact) mass is 548 g/mol. The van der Waals surface area contributed by atoms with Gasteiger partial charge in [0.15, 0.2) is 5.78 Å². The summed E-state index contributed by atoms with van der Waals surface area (Å²) in [4.78, 5) is 32.2. The molecular weight excluding hydrogens is 504 g/mol. The average molecular weight is 549 g/mol. The van der Waals surface area contributed by atoms with E-state index in [2.05, 4.69) is 16.8 Å². The maximum absolute atomic E-state index is 13.8. The van der Waals surface area contributed by atoms with Crippen molar-refractivity contribution in [3.8, 4) is 11.6 Å². The molecule has 216 valence electrons. The SMILES string of the molecule is COc1ccc(C(=O)C2(C)CCCCC2)c(N2CCC(COc3cc([C@H](C4CC4)[C@H](C)C(=O)O)ccn3)CC2)c1. The van der Waals surface area contributed by atoms with Crippen molar-refractivity contribution in [1.29, 1.82) is 0 Å². The molecule has 1 aromatic heterocycles. The fourth-order valence-corrected chi connectivity index (χ4v) is 6.81. The zero-order valence-corrected chi connectivity index (χ0v) is 24.2. The van der Waals surface area contributed by atoms with Gasteiger partial charge in [-0.3, -0.25) is 9.59 Å². The van der Waals surface area contributed by atoms with E-state index in [4.69, 9.17) is 9.47 Å². The summed E-state index contributed by atoms with van der Waals surface area (Å²) < 4.78 is 11.7. The van der Waals surface area contributed by atoms with Crippen LogP contribution in [0.2, 0.25) is 0 Å². The van der Waals surface area contributed by atoms with Crippen LogP contribution in [0.15, 0.2) is 36.5 Å². The number of nitrogens with zero attached hydrogens (tertiary/aromatic N) is 2. The minimum absolute atomic E-state index is 0.00160. The molecule has 3 fully saturated rings. The Morgan fingerprint density at radius 3 is 2.45 bits per heavy atom. The molecule has 2 aliphatic carbocycles. The van der Waals surface area contributed by atoms with Gasteiger partial charge >= 0.3 is 5.97 Å². The third-order valence-corrected chi connectivity index (χ3v) is 9.58. The number of carbonyl (C=O) groups is 2. The maximum atomic E-state index is 13.8. The molecule has 7 heteroatoms. The molecule has 0 radical (unpaired) electrons. The Morgan fingerprint density at radius 1 is 1.07 bits per heavy atom. The van der Waals surface area contributed by atoms with Crippen LogP contribution in [-0.2, 0) is 4.79 Å². The number of methoxy groups -OCH3 is 1. The number of hydrogen-bond acceptors (Lipinski definition) is 6. The highest BCUT2D eigenvalue weighted by Crippen LogP contribution is 2.47. The number of piperidine rings is 1. The van der Waals surface area contributed by atoms with Crippen LogP contribution in [0, 0.1) is 23.2 Å². The summed E-state index contributed by atoms with van der Waals surface area (Å²) in [5.74, 6) is 1.25. The first-order valence-electron chi connectivity index (χ1n) is 15.1.